The van der Waals surface area contributed by atoms with Crippen LogP contribution in [-0.2, 0) is 4.74 Å². The third-order valence-electron chi connectivity index (χ3n) is 3.61. The van der Waals surface area contributed by atoms with Gasteiger partial charge in [0.25, 0.3) is 11.8 Å². The van der Waals surface area contributed by atoms with Crippen molar-refractivity contribution in [2.45, 2.75) is 6.10 Å². The number of likely N-dealkylation sites (N-methyl/N-ethyl adjacent to an activating group) is 1. The molecule has 5 heteroatoms. The second-order valence-corrected chi connectivity index (χ2v) is 5.02. The zero-order valence-electron chi connectivity index (χ0n) is 10.8. The number of imide groups is 1. The summed E-state index contributed by atoms with van der Waals surface area (Å²) in [5, 5.41) is 0. The van der Waals surface area contributed by atoms with Gasteiger partial charge in [-0.15, -0.1) is 0 Å². The maximum Gasteiger partial charge on any atom is 0.261 e. The van der Waals surface area contributed by atoms with Crippen LogP contribution >= 0.6 is 0 Å². The minimum absolute atomic E-state index is 0.0963. The zero-order valence-corrected chi connectivity index (χ0v) is 10.8. The summed E-state index contributed by atoms with van der Waals surface area (Å²) in [4.78, 5) is 27.8. The molecule has 0 saturated carbocycles. The van der Waals surface area contributed by atoms with E-state index in [1.165, 1.54) is 4.90 Å². The topological polar surface area (TPSA) is 49.9 Å². The Morgan fingerprint density at radius 3 is 2.42 bits per heavy atom. The van der Waals surface area contributed by atoms with Crippen LogP contribution in [0.3, 0.4) is 0 Å². The summed E-state index contributed by atoms with van der Waals surface area (Å²) in [6, 6.07) is 6.95. The molecule has 5 nitrogen and oxygen atoms in total. The average Bonchev–Trinajstić information content (AvgIpc) is 2.65. The minimum Gasteiger partial charge on any atom is -0.374 e. The minimum atomic E-state index is -0.211. The Bertz CT molecular complexity index is 494. The van der Waals surface area contributed by atoms with Gasteiger partial charge >= 0.3 is 0 Å². The van der Waals surface area contributed by atoms with Crippen LogP contribution in [0.15, 0.2) is 24.3 Å². The standard InChI is InChI=1S/C14H16N2O3/c1-15-6-7-19-10(8-15)9-16-13(17)11-4-2-3-5-12(11)14(16)18/h2-5,10H,6-9H2,1H3/t10-/m1/s1. The highest BCUT2D eigenvalue weighted by atomic mass is 16.5. The first-order valence-corrected chi connectivity index (χ1v) is 6.42. The molecule has 1 aromatic carbocycles. The second kappa shape index (κ2) is 4.75. The molecular weight excluding hydrogens is 244 g/mol. The van der Waals surface area contributed by atoms with Crippen molar-refractivity contribution in [2.75, 3.05) is 33.3 Å². The van der Waals surface area contributed by atoms with Crippen molar-refractivity contribution in [3.8, 4) is 0 Å². The van der Waals surface area contributed by atoms with Crippen LogP contribution in [0.5, 0.6) is 0 Å². The van der Waals surface area contributed by atoms with Crippen molar-refractivity contribution in [3.05, 3.63) is 35.4 Å². The van der Waals surface area contributed by atoms with E-state index in [9.17, 15) is 9.59 Å². The Kier molecular flexibility index (Phi) is 3.08. The van der Waals surface area contributed by atoms with Crippen LogP contribution in [0.2, 0.25) is 0 Å². The molecule has 19 heavy (non-hydrogen) atoms. The molecule has 1 aromatic rings. The largest absolute Gasteiger partial charge is 0.374 e. The van der Waals surface area contributed by atoms with E-state index in [4.69, 9.17) is 4.74 Å². The van der Waals surface area contributed by atoms with E-state index in [1.807, 2.05) is 7.05 Å². The molecule has 0 radical (unpaired) electrons. The molecule has 100 valence electrons. The van der Waals surface area contributed by atoms with Gasteiger partial charge in [-0.2, -0.15) is 0 Å². The summed E-state index contributed by atoms with van der Waals surface area (Å²) < 4.78 is 5.62. The van der Waals surface area contributed by atoms with Crippen LogP contribution < -0.4 is 0 Å². The number of amides is 2. The molecule has 1 fully saturated rings. The van der Waals surface area contributed by atoms with E-state index in [1.54, 1.807) is 24.3 Å². The lowest BCUT2D eigenvalue weighted by atomic mass is 10.1. The molecule has 0 aromatic heterocycles. The molecule has 0 aliphatic carbocycles. The van der Waals surface area contributed by atoms with Gasteiger partial charge in [-0.25, -0.2) is 0 Å². The van der Waals surface area contributed by atoms with Crippen molar-refractivity contribution >= 4 is 11.8 Å². The third-order valence-corrected chi connectivity index (χ3v) is 3.61. The summed E-state index contributed by atoms with van der Waals surface area (Å²) in [7, 11) is 2.01. The van der Waals surface area contributed by atoms with Gasteiger partial charge in [-0.1, -0.05) is 12.1 Å². The number of morpholine rings is 1. The Morgan fingerprint density at radius 2 is 1.84 bits per heavy atom. The SMILES string of the molecule is CN1CCO[C@@H](CN2C(=O)c3ccccc3C2=O)C1. The number of hydrogen-bond donors (Lipinski definition) is 0. The lowest BCUT2D eigenvalue weighted by molar-refractivity contribution is -0.0297. The molecule has 2 amide bonds. The lowest BCUT2D eigenvalue weighted by Crippen LogP contribution is -2.47. The fourth-order valence-corrected chi connectivity index (χ4v) is 2.59. The molecule has 0 N–H and O–H groups in total. The van der Waals surface area contributed by atoms with E-state index in [0.717, 1.165) is 13.1 Å². The first kappa shape index (κ1) is 12.3. The Hall–Kier alpha value is -1.72. The summed E-state index contributed by atoms with van der Waals surface area (Å²) in [5.41, 5.74) is 0.994. The monoisotopic (exact) mass is 260 g/mol. The van der Waals surface area contributed by atoms with Crippen molar-refractivity contribution in [1.29, 1.82) is 0 Å². The van der Waals surface area contributed by atoms with E-state index >= 15 is 0 Å². The fraction of sp³-hybridized carbons (Fsp3) is 0.429. The fourth-order valence-electron chi connectivity index (χ4n) is 2.59. The molecule has 1 atom stereocenters. The Balaban J connectivity index is 1.77. The first-order valence-electron chi connectivity index (χ1n) is 6.42. The predicted molar refractivity (Wildman–Crippen MR) is 69.0 cm³/mol. The summed E-state index contributed by atoms with van der Waals surface area (Å²) in [6.45, 7) is 2.60. The number of rotatable bonds is 2. The highest BCUT2D eigenvalue weighted by Gasteiger charge is 2.37. The van der Waals surface area contributed by atoms with Crippen LogP contribution in [0.25, 0.3) is 0 Å². The number of carbonyl (C=O) groups excluding carboxylic acids is 2. The van der Waals surface area contributed by atoms with Crippen LogP contribution in [0.1, 0.15) is 20.7 Å². The van der Waals surface area contributed by atoms with Gasteiger partial charge in [-0.05, 0) is 19.2 Å². The van der Waals surface area contributed by atoms with Crippen molar-refractivity contribution < 1.29 is 14.3 Å². The highest BCUT2D eigenvalue weighted by molar-refractivity contribution is 6.21. The summed E-state index contributed by atoms with van der Waals surface area (Å²) in [6.07, 6.45) is -0.0963. The number of carbonyl (C=O) groups is 2. The van der Waals surface area contributed by atoms with E-state index in [2.05, 4.69) is 4.90 Å². The Morgan fingerprint density at radius 1 is 1.21 bits per heavy atom. The van der Waals surface area contributed by atoms with Gasteiger partial charge in [0.05, 0.1) is 30.4 Å². The molecule has 2 aliphatic heterocycles. The highest BCUT2D eigenvalue weighted by Crippen LogP contribution is 2.23. The Labute approximate surface area is 111 Å². The van der Waals surface area contributed by atoms with Gasteiger partial charge in [0.15, 0.2) is 0 Å². The number of hydrogen-bond acceptors (Lipinski definition) is 4. The predicted octanol–water partition coefficient (Wildman–Crippen LogP) is 0.613. The molecule has 0 unspecified atom stereocenters. The third kappa shape index (κ3) is 2.15. The molecule has 0 bridgehead atoms. The van der Waals surface area contributed by atoms with Crippen molar-refractivity contribution in [2.24, 2.45) is 0 Å². The quantitative estimate of drug-likeness (QED) is 0.731. The smallest absolute Gasteiger partial charge is 0.261 e. The van der Waals surface area contributed by atoms with Gasteiger partial charge in [0.2, 0.25) is 0 Å². The maximum absolute atomic E-state index is 12.2. The van der Waals surface area contributed by atoms with Crippen molar-refractivity contribution in [1.82, 2.24) is 9.80 Å². The molecule has 2 aliphatic rings. The number of fused-ring (bicyclic) bond motifs is 1. The summed E-state index contributed by atoms with van der Waals surface area (Å²) in [5.74, 6) is -0.421. The molecule has 3 rings (SSSR count). The van der Waals surface area contributed by atoms with Gasteiger partial charge in [0, 0.05) is 13.1 Å². The molecule has 1 saturated heterocycles. The average molecular weight is 260 g/mol. The van der Waals surface area contributed by atoms with Gasteiger partial charge < -0.3 is 9.64 Å². The zero-order chi connectivity index (χ0) is 13.4. The molecular formula is C14H16N2O3. The number of nitrogens with zero attached hydrogens (tertiary/aromatic N) is 2. The normalized spacial score (nSPS) is 23.8. The van der Waals surface area contributed by atoms with Gasteiger partial charge in [0.1, 0.15) is 0 Å². The van der Waals surface area contributed by atoms with E-state index in [-0.39, 0.29) is 17.9 Å². The lowest BCUT2D eigenvalue weighted by Gasteiger charge is -2.31. The summed E-state index contributed by atoms with van der Waals surface area (Å²) >= 11 is 0. The van der Waals surface area contributed by atoms with E-state index < -0.39 is 0 Å². The van der Waals surface area contributed by atoms with Gasteiger partial charge in [-0.3, -0.25) is 14.5 Å². The molecule has 0 spiro atoms. The maximum atomic E-state index is 12.2. The number of ether oxygens (including phenoxy) is 1. The van der Waals surface area contributed by atoms with Crippen LogP contribution in [0.4, 0.5) is 0 Å². The van der Waals surface area contributed by atoms with Crippen molar-refractivity contribution in [3.63, 3.8) is 0 Å². The molecule has 2 heterocycles. The van der Waals surface area contributed by atoms with E-state index in [0.29, 0.717) is 24.3 Å². The second-order valence-electron chi connectivity index (χ2n) is 5.02. The first-order chi connectivity index (χ1) is 9.16. The number of benzene rings is 1. The van der Waals surface area contributed by atoms with Crippen LogP contribution in [-0.4, -0.2) is 61.0 Å². The van der Waals surface area contributed by atoms with Crippen LogP contribution in [0, 0.1) is 0 Å².